The zero-order chi connectivity index (χ0) is 14.4. The number of nitrogens with zero attached hydrogens (tertiary/aromatic N) is 1. The molecule has 0 aromatic heterocycles. The van der Waals surface area contributed by atoms with Crippen molar-refractivity contribution in [2.45, 2.75) is 13.0 Å². The van der Waals surface area contributed by atoms with Gasteiger partial charge in [0, 0.05) is 0 Å². The van der Waals surface area contributed by atoms with Crippen LogP contribution in [0, 0.1) is 0 Å². The van der Waals surface area contributed by atoms with Crippen LogP contribution < -0.4 is 0 Å². The van der Waals surface area contributed by atoms with Crippen molar-refractivity contribution in [1.82, 2.24) is 4.90 Å². The summed E-state index contributed by atoms with van der Waals surface area (Å²) in [5, 5.41) is 9.12. The molecule has 3 nitrogen and oxygen atoms in total. The number of hydrogen-bond acceptors (Lipinski definition) is 2. The van der Waals surface area contributed by atoms with Gasteiger partial charge in [0.1, 0.15) is 0 Å². The maximum atomic E-state index is 11.1. The molecule has 0 fully saturated rings. The first-order valence-corrected chi connectivity index (χ1v) is 6.78. The van der Waals surface area contributed by atoms with Gasteiger partial charge in [-0.05, 0) is 17.7 Å². The highest BCUT2D eigenvalue weighted by atomic mass is 16.4. The fourth-order valence-electron chi connectivity index (χ4n) is 2.44. The molecule has 0 aliphatic rings. The minimum Gasteiger partial charge on any atom is -0.480 e. The molecule has 0 radical (unpaired) electrons. The van der Waals surface area contributed by atoms with Gasteiger partial charge >= 0.3 is 5.97 Å². The van der Waals surface area contributed by atoms with Gasteiger partial charge in [0.15, 0.2) is 0 Å². The molecular formula is C17H19NO2. The largest absolute Gasteiger partial charge is 0.480 e. The zero-order valence-electron chi connectivity index (χ0n) is 11.6. The lowest BCUT2D eigenvalue weighted by atomic mass is 9.97. The topological polar surface area (TPSA) is 40.5 Å². The summed E-state index contributed by atoms with van der Waals surface area (Å²) < 4.78 is 0. The lowest BCUT2D eigenvalue weighted by Gasteiger charge is -2.30. The Morgan fingerprint density at radius 2 is 1.45 bits per heavy atom. The number of rotatable bonds is 6. The third-order valence-electron chi connectivity index (χ3n) is 3.34. The van der Waals surface area contributed by atoms with Crippen molar-refractivity contribution < 1.29 is 9.90 Å². The van der Waals surface area contributed by atoms with E-state index in [0.29, 0.717) is 6.54 Å². The van der Waals surface area contributed by atoms with Gasteiger partial charge in [-0.1, -0.05) is 67.6 Å². The molecule has 0 spiro atoms. The van der Waals surface area contributed by atoms with Crippen LogP contribution >= 0.6 is 0 Å². The SMILES string of the molecule is CCN(CC(=O)O)C(c1ccccc1)c1ccccc1. The van der Waals surface area contributed by atoms with E-state index in [2.05, 4.69) is 0 Å². The fraction of sp³-hybridized carbons (Fsp3) is 0.235. The molecule has 0 saturated heterocycles. The lowest BCUT2D eigenvalue weighted by Crippen LogP contribution is -2.34. The van der Waals surface area contributed by atoms with Crippen LogP contribution in [0.5, 0.6) is 0 Å². The molecule has 0 saturated carbocycles. The van der Waals surface area contributed by atoms with E-state index >= 15 is 0 Å². The number of hydrogen-bond donors (Lipinski definition) is 1. The molecule has 0 aliphatic heterocycles. The van der Waals surface area contributed by atoms with Gasteiger partial charge in [0.25, 0.3) is 0 Å². The molecule has 0 unspecified atom stereocenters. The second kappa shape index (κ2) is 6.87. The van der Waals surface area contributed by atoms with Gasteiger partial charge in [-0.2, -0.15) is 0 Å². The first-order chi connectivity index (χ1) is 9.72. The Morgan fingerprint density at radius 1 is 1.00 bits per heavy atom. The Bertz CT molecular complexity index is 500. The normalized spacial score (nSPS) is 10.9. The molecule has 0 bridgehead atoms. The fourth-order valence-corrected chi connectivity index (χ4v) is 2.44. The van der Waals surface area contributed by atoms with Crippen LogP contribution in [0.25, 0.3) is 0 Å². The Balaban J connectivity index is 2.41. The third kappa shape index (κ3) is 3.45. The molecule has 3 heteroatoms. The predicted octanol–water partition coefficient (Wildman–Crippen LogP) is 3.18. The monoisotopic (exact) mass is 269 g/mol. The van der Waals surface area contributed by atoms with Crippen LogP contribution in [0.1, 0.15) is 24.1 Å². The molecular weight excluding hydrogens is 250 g/mol. The average molecular weight is 269 g/mol. The van der Waals surface area contributed by atoms with Crippen molar-refractivity contribution in [1.29, 1.82) is 0 Å². The van der Waals surface area contributed by atoms with E-state index in [1.165, 1.54) is 0 Å². The molecule has 0 atom stereocenters. The molecule has 0 heterocycles. The second-order valence-electron chi connectivity index (χ2n) is 4.68. The van der Waals surface area contributed by atoms with Crippen LogP contribution in [-0.4, -0.2) is 29.1 Å². The van der Waals surface area contributed by atoms with Crippen molar-refractivity contribution in [2.24, 2.45) is 0 Å². The number of likely N-dealkylation sites (N-methyl/N-ethyl adjacent to an activating group) is 1. The summed E-state index contributed by atoms with van der Waals surface area (Å²) in [5.74, 6) is -0.802. The van der Waals surface area contributed by atoms with Crippen LogP contribution in [0.15, 0.2) is 60.7 Å². The zero-order valence-corrected chi connectivity index (χ0v) is 11.6. The molecule has 1 N–H and O–H groups in total. The summed E-state index contributed by atoms with van der Waals surface area (Å²) in [7, 11) is 0. The van der Waals surface area contributed by atoms with Crippen molar-refractivity contribution in [2.75, 3.05) is 13.1 Å². The number of carbonyl (C=O) groups is 1. The Morgan fingerprint density at radius 3 is 1.80 bits per heavy atom. The molecule has 0 aliphatic carbocycles. The van der Waals surface area contributed by atoms with Gasteiger partial charge in [-0.15, -0.1) is 0 Å². The first kappa shape index (κ1) is 14.3. The Hall–Kier alpha value is -2.13. The van der Waals surface area contributed by atoms with Crippen LogP contribution in [0.3, 0.4) is 0 Å². The number of carboxylic acid groups (broad SMARTS) is 1. The van der Waals surface area contributed by atoms with E-state index in [1.54, 1.807) is 0 Å². The van der Waals surface area contributed by atoms with Crippen molar-refractivity contribution >= 4 is 5.97 Å². The molecule has 2 aromatic rings. The minimum atomic E-state index is -0.802. The summed E-state index contributed by atoms with van der Waals surface area (Å²) in [6.45, 7) is 2.70. The van der Waals surface area contributed by atoms with Gasteiger partial charge in [-0.3, -0.25) is 9.69 Å². The molecule has 2 aromatic carbocycles. The third-order valence-corrected chi connectivity index (χ3v) is 3.34. The van der Waals surface area contributed by atoms with Gasteiger partial charge < -0.3 is 5.11 Å². The van der Waals surface area contributed by atoms with E-state index in [4.69, 9.17) is 5.11 Å². The van der Waals surface area contributed by atoms with Crippen LogP contribution in [0.2, 0.25) is 0 Å². The summed E-state index contributed by atoms with van der Waals surface area (Å²) in [6.07, 6.45) is 0. The smallest absolute Gasteiger partial charge is 0.317 e. The molecule has 104 valence electrons. The van der Waals surface area contributed by atoms with E-state index in [1.807, 2.05) is 72.5 Å². The lowest BCUT2D eigenvalue weighted by molar-refractivity contribution is -0.138. The molecule has 0 amide bonds. The van der Waals surface area contributed by atoms with Crippen molar-refractivity contribution in [3.8, 4) is 0 Å². The minimum absolute atomic E-state index is 0.0292. The van der Waals surface area contributed by atoms with E-state index in [9.17, 15) is 4.79 Å². The number of benzene rings is 2. The Labute approximate surface area is 119 Å². The van der Waals surface area contributed by atoms with E-state index in [-0.39, 0.29) is 12.6 Å². The summed E-state index contributed by atoms with van der Waals surface area (Å²) in [5.41, 5.74) is 2.23. The van der Waals surface area contributed by atoms with Gasteiger partial charge in [-0.25, -0.2) is 0 Å². The highest BCUT2D eigenvalue weighted by Crippen LogP contribution is 2.28. The maximum Gasteiger partial charge on any atom is 0.317 e. The van der Waals surface area contributed by atoms with Gasteiger partial charge in [0.2, 0.25) is 0 Å². The predicted molar refractivity (Wildman–Crippen MR) is 79.6 cm³/mol. The van der Waals surface area contributed by atoms with E-state index < -0.39 is 5.97 Å². The van der Waals surface area contributed by atoms with Crippen LogP contribution in [0.4, 0.5) is 0 Å². The highest BCUT2D eigenvalue weighted by molar-refractivity contribution is 5.69. The van der Waals surface area contributed by atoms with Crippen LogP contribution in [-0.2, 0) is 4.79 Å². The maximum absolute atomic E-state index is 11.1. The highest BCUT2D eigenvalue weighted by Gasteiger charge is 2.22. The Kier molecular flexibility index (Phi) is 4.91. The average Bonchev–Trinajstić information content (AvgIpc) is 2.48. The quantitative estimate of drug-likeness (QED) is 0.875. The number of aliphatic carboxylic acids is 1. The summed E-state index contributed by atoms with van der Waals surface area (Å²) in [6, 6.07) is 20.0. The number of carboxylic acids is 1. The standard InChI is InChI=1S/C17H19NO2/c1-2-18(13-16(19)20)17(14-9-5-3-6-10-14)15-11-7-4-8-12-15/h3-12,17H,2,13H2,1H3,(H,19,20). The first-order valence-electron chi connectivity index (χ1n) is 6.78. The van der Waals surface area contributed by atoms with E-state index in [0.717, 1.165) is 11.1 Å². The second-order valence-corrected chi connectivity index (χ2v) is 4.68. The van der Waals surface area contributed by atoms with Crippen molar-refractivity contribution in [3.05, 3.63) is 71.8 Å². The summed E-state index contributed by atoms with van der Waals surface area (Å²) >= 11 is 0. The molecule has 2 rings (SSSR count). The summed E-state index contributed by atoms with van der Waals surface area (Å²) in [4.78, 5) is 13.1. The van der Waals surface area contributed by atoms with Gasteiger partial charge in [0.05, 0.1) is 12.6 Å². The van der Waals surface area contributed by atoms with Crippen molar-refractivity contribution in [3.63, 3.8) is 0 Å². The molecule has 20 heavy (non-hydrogen) atoms.